The molecule has 3 aromatic rings. The highest BCUT2D eigenvalue weighted by Gasteiger charge is 2.27. The van der Waals surface area contributed by atoms with Crippen LogP contribution in [0.2, 0.25) is 0 Å². The van der Waals surface area contributed by atoms with Crippen LogP contribution < -0.4 is 5.32 Å². The van der Waals surface area contributed by atoms with Gasteiger partial charge in [0.25, 0.3) is 0 Å². The van der Waals surface area contributed by atoms with Crippen molar-refractivity contribution < 1.29 is 13.2 Å². The molecule has 0 aliphatic carbocycles. The fourth-order valence-corrected chi connectivity index (χ4v) is 7.36. The zero-order chi connectivity index (χ0) is 23.0. The van der Waals surface area contributed by atoms with Crippen molar-refractivity contribution in [3.63, 3.8) is 0 Å². The Hall–Kier alpha value is -2.01. The van der Waals surface area contributed by atoms with Crippen molar-refractivity contribution in [1.29, 1.82) is 0 Å². The molecule has 10 heteroatoms. The molecule has 0 spiro atoms. The summed E-state index contributed by atoms with van der Waals surface area (Å²) in [5.74, 6) is 0.517. The average molecular weight is 491 g/mol. The van der Waals surface area contributed by atoms with Crippen molar-refractivity contribution in [3.05, 3.63) is 40.5 Å². The van der Waals surface area contributed by atoms with E-state index < -0.39 is 10.0 Å². The molecule has 1 aliphatic rings. The summed E-state index contributed by atoms with van der Waals surface area (Å²) in [6, 6.07) is 6.38. The van der Waals surface area contributed by atoms with Gasteiger partial charge in [0.2, 0.25) is 15.9 Å². The zero-order valence-corrected chi connectivity index (χ0v) is 21.0. The van der Waals surface area contributed by atoms with Crippen molar-refractivity contribution in [1.82, 2.24) is 14.3 Å². The molecule has 1 saturated heterocycles. The maximum absolute atomic E-state index is 12.8. The van der Waals surface area contributed by atoms with Crippen LogP contribution in [0.15, 0.2) is 34.2 Å². The highest BCUT2D eigenvalue weighted by atomic mass is 32.2. The Labute approximate surface area is 196 Å². The lowest BCUT2D eigenvalue weighted by atomic mass is 10.2. The molecule has 1 aromatic carbocycles. The number of hydrogen-bond acceptors (Lipinski definition) is 7. The number of benzene rings is 1. The van der Waals surface area contributed by atoms with Gasteiger partial charge in [0.05, 0.1) is 10.1 Å². The van der Waals surface area contributed by atoms with Gasteiger partial charge in [0.15, 0.2) is 0 Å². The summed E-state index contributed by atoms with van der Waals surface area (Å²) in [5, 5.41) is 4.32. The SMILES string of the molecule is Cc1nc(SC(C)C(=O)Nc2ccc(S(=O)(=O)N3CCCC3)cc2)c2c(C)c(C)sc2n1. The smallest absolute Gasteiger partial charge is 0.243 e. The number of aromatic nitrogens is 2. The molecular weight excluding hydrogens is 464 g/mol. The summed E-state index contributed by atoms with van der Waals surface area (Å²) in [7, 11) is -3.46. The summed E-state index contributed by atoms with van der Waals surface area (Å²) in [6.45, 7) is 8.94. The molecule has 2 aromatic heterocycles. The van der Waals surface area contributed by atoms with Gasteiger partial charge in [0, 0.05) is 29.0 Å². The maximum Gasteiger partial charge on any atom is 0.243 e. The minimum Gasteiger partial charge on any atom is -0.325 e. The molecule has 3 heterocycles. The van der Waals surface area contributed by atoms with E-state index in [0.29, 0.717) is 24.6 Å². The van der Waals surface area contributed by atoms with Gasteiger partial charge < -0.3 is 5.32 Å². The third kappa shape index (κ3) is 4.54. The number of nitrogens with one attached hydrogen (secondary N) is 1. The zero-order valence-electron chi connectivity index (χ0n) is 18.5. The Balaban J connectivity index is 1.47. The van der Waals surface area contributed by atoms with Crippen molar-refractivity contribution >= 4 is 54.9 Å². The van der Waals surface area contributed by atoms with Gasteiger partial charge in [-0.3, -0.25) is 4.79 Å². The number of hydrogen-bond donors (Lipinski definition) is 1. The third-order valence-corrected chi connectivity index (χ3v) is 9.69. The number of sulfonamides is 1. The molecule has 1 atom stereocenters. The van der Waals surface area contributed by atoms with Crippen LogP contribution in [0.3, 0.4) is 0 Å². The van der Waals surface area contributed by atoms with Gasteiger partial charge >= 0.3 is 0 Å². The number of rotatable bonds is 6. The monoisotopic (exact) mass is 490 g/mol. The minimum absolute atomic E-state index is 0.167. The summed E-state index contributed by atoms with van der Waals surface area (Å²) in [5.41, 5.74) is 1.71. The molecule has 1 aliphatic heterocycles. The number of carbonyl (C=O) groups is 1. The van der Waals surface area contributed by atoms with E-state index in [4.69, 9.17) is 0 Å². The fourth-order valence-electron chi connectivity index (χ4n) is 3.65. The lowest BCUT2D eigenvalue weighted by Crippen LogP contribution is -2.27. The molecule has 4 rings (SSSR count). The maximum atomic E-state index is 12.8. The van der Waals surface area contributed by atoms with Gasteiger partial charge in [0.1, 0.15) is 15.7 Å². The third-order valence-electron chi connectivity index (χ3n) is 5.59. The molecule has 1 amide bonds. The first kappa shape index (κ1) is 23.2. The Bertz CT molecular complexity index is 1260. The number of thiophene rings is 1. The Kier molecular flexibility index (Phi) is 6.58. The lowest BCUT2D eigenvalue weighted by molar-refractivity contribution is -0.115. The molecule has 0 radical (unpaired) electrons. The van der Waals surface area contributed by atoms with Crippen LogP contribution in [0.1, 0.15) is 36.0 Å². The van der Waals surface area contributed by atoms with Gasteiger partial charge in [-0.25, -0.2) is 18.4 Å². The van der Waals surface area contributed by atoms with Crippen LogP contribution in [0.5, 0.6) is 0 Å². The Morgan fingerprint density at radius 3 is 2.44 bits per heavy atom. The molecule has 7 nitrogen and oxygen atoms in total. The average Bonchev–Trinajstić information content (AvgIpc) is 3.37. The normalized spacial score (nSPS) is 15.9. The van der Waals surface area contributed by atoms with Crippen LogP contribution in [0.25, 0.3) is 10.2 Å². The number of carbonyl (C=O) groups excluding carboxylic acids is 1. The van der Waals surface area contributed by atoms with E-state index in [1.54, 1.807) is 35.6 Å². The Morgan fingerprint density at radius 1 is 1.12 bits per heavy atom. The largest absolute Gasteiger partial charge is 0.325 e. The first-order chi connectivity index (χ1) is 15.2. The van der Waals surface area contributed by atoms with E-state index in [9.17, 15) is 13.2 Å². The summed E-state index contributed by atoms with van der Waals surface area (Å²) in [4.78, 5) is 24.3. The number of aryl methyl sites for hydroxylation is 3. The van der Waals surface area contributed by atoms with Crippen molar-refractivity contribution in [2.45, 2.75) is 55.7 Å². The molecule has 1 unspecified atom stereocenters. The van der Waals surface area contributed by atoms with Crippen molar-refractivity contribution in [2.75, 3.05) is 18.4 Å². The second-order valence-electron chi connectivity index (χ2n) is 7.92. The quantitative estimate of drug-likeness (QED) is 0.403. The number of amides is 1. The van der Waals surface area contributed by atoms with Crippen LogP contribution in [0, 0.1) is 20.8 Å². The predicted octanol–water partition coefficient (Wildman–Crippen LogP) is 4.52. The van der Waals surface area contributed by atoms with Crippen molar-refractivity contribution in [3.8, 4) is 0 Å². The summed E-state index contributed by atoms with van der Waals surface area (Å²) < 4.78 is 26.8. The molecule has 170 valence electrons. The highest BCUT2D eigenvalue weighted by molar-refractivity contribution is 8.00. The van der Waals surface area contributed by atoms with E-state index in [2.05, 4.69) is 29.1 Å². The summed E-state index contributed by atoms with van der Waals surface area (Å²) in [6.07, 6.45) is 1.79. The highest BCUT2D eigenvalue weighted by Crippen LogP contribution is 2.36. The van der Waals surface area contributed by atoms with Gasteiger partial charge in [-0.05, 0) is 70.4 Å². The Morgan fingerprint density at radius 2 is 1.78 bits per heavy atom. The van der Waals surface area contributed by atoms with E-state index in [1.807, 2.05) is 13.8 Å². The van der Waals surface area contributed by atoms with Crippen LogP contribution in [-0.2, 0) is 14.8 Å². The van der Waals surface area contributed by atoms with Gasteiger partial charge in [-0.15, -0.1) is 11.3 Å². The standard InChI is InChI=1S/C22H26N4O3S3/c1-13-14(2)30-21-19(13)22(24-16(4)23-21)31-15(3)20(27)25-17-7-9-18(10-8-17)32(28,29)26-11-5-6-12-26/h7-10,15H,5-6,11-12H2,1-4H3,(H,25,27). The minimum atomic E-state index is -3.46. The molecule has 0 bridgehead atoms. The van der Waals surface area contributed by atoms with Crippen molar-refractivity contribution in [2.24, 2.45) is 0 Å². The molecular formula is C22H26N4O3S3. The second kappa shape index (κ2) is 9.09. The number of nitrogens with zero attached hydrogens (tertiary/aromatic N) is 3. The first-order valence-electron chi connectivity index (χ1n) is 10.5. The van der Waals surface area contributed by atoms with Gasteiger partial charge in [-0.1, -0.05) is 11.8 Å². The van der Waals surface area contributed by atoms with Crippen LogP contribution in [0.4, 0.5) is 5.69 Å². The van der Waals surface area contributed by atoms with Crippen LogP contribution in [-0.4, -0.2) is 46.9 Å². The van der Waals surface area contributed by atoms with E-state index >= 15 is 0 Å². The molecule has 0 saturated carbocycles. The molecule has 32 heavy (non-hydrogen) atoms. The first-order valence-corrected chi connectivity index (χ1v) is 13.6. The fraction of sp³-hybridized carbons (Fsp3) is 0.409. The lowest BCUT2D eigenvalue weighted by Gasteiger charge is -2.16. The molecule has 1 N–H and O–H groups in total. The number of anilines is 1. The van der Waals surface area contributed by atoms with Crippen LogP contribution >= 0.6 is 23.1 Å². The molecule has 1 fully saturated rings. The summed E-state index contributed by atoms with van der Waals surface area (Å²) >= 11 is 3.05. The predicted molar refractivity (Wildman–Crippen MR) is 130 cm³/mol. The van der Waals surface area contributed by atoms with E-state index in [1.165, 1.54) is 20.9 Å². The second-order valence-corrected chi connectivity index (χ2v) is 12.4. The number of fused-ring (bicyclic) bond motifs is 1. The van der Waals surface area contributed by atoms with E-state index in [-0.39, 0.29) is 16.1 Å². The van der Waals surface area contributed by atoms with E-state index in [0.717, 1.165) is 33.6 Å². The van der Waals surface area contributed by atoms with Gasteiger partial charge in [-0.2, -0.15) is 4.31 Å². The number of thioether (sulfide) groups is 1. The topological polar surface area (TPSA) is 92.3 Å².